The molecule has 0 spiro atoms. The summed E-state index contributed by atoms with van der Waals surface area (Å²) in [6, 6.07) is 0. The number of fused-ring (bicyclic) bond motifs is 1. The number of amides is 2. The molecule has 0 aliphatic carbocycles. The van der Waals surface area contributed by atoms with Crippen molar-refractivity contribution in [2.24, 2.45) is 10.9 Å². The molecule has 3 atom stereocenters. The van der Waals surface area contributed by atoms with E-state index in [0.717, 1.165) is 0 Å². The van der Waals surface area contributed by atoms with Crippen molar-refractivity contribution < 1.29 is 23.9 Å². The van der Waals surface area contributed by atoms with Gasteiger partial charge in [0.2, 0.25) is 11.8 Å². The fourth-order valence-corrected chi connectivity index (χ4v) is 4.38. The number of likely N-dealkylation sites (tertiary alicyclic amines) is 1. The number of nitrogens with one attached hydrogen (secondary N) is 1. The number of thioether (sulfide) groups is 2. The molecule has 8 nitrogen and oxygen atoms in total. The normalized spacial score (nSPS) is 26.2. The lowest BCUT2D eigenvalue weighted by molar-refractivity contribution is -0.157. The largest absolute Gasteiger partial charge is 0.459 e. The second-order valence-corrected chi connectivity index (χ2v) is 8.82. The zero-order valence-electron chi connectivity index (χ0n) is 14.7. The van der Waals surface area contributed by atoms with Crippen LogP contribution in [0.3, 0.4) is 0 Å². The van der Waals surface area contributed by atoms with E-state index < -0.39 is 53.0 Å². The number of Topliss-reactive ketones (excluding diaryl/α,β-unsaturated/α-hetero) is 1. The Hall–Kier alpha value is -1.55. The summed E-state index contributed by atoms with van der Waals surface area (Å²) >= 11 is 2.65. The third-order valence-electron chi connectivity index (χ3n) is 3.56. The van der Waals surface area contributed by atoms with E-state index in [4.69, 9.17) is 4.74 Å². The fourth-order valence-electron chi connectivity index (χ4n) is 2.47. The molecule has 1 N–H and O–H groups in total. The summed E-state index contributed by atoms with van der Waals surface area (Å²) in [4.78, 5) is 54.7. The van der Waals surface area contributed by atoms with Gasteiger partial charge in [-0.2, -0.15) is 0 Å². The molecule has 25 heavy (non-hydrogen) atoms. The third kappa shape index (κ3) is 4.35. The quantitative estimate of drug-likeness (QED) is 0.547. The van der Waals surface area contributed by atoms with Crippen molar-refractivity contribution in [2.45, 2.75) is 37.8 Å². The molecule has 2 amide bonds. The Kier molecular flexibility index (Phi) is 5.82. The highest BCUT2D eigenvalue weighted by Gasteiger charge is 2.52. The van der Waals surface area contributed by atoms with Crippen molar-refractivity contribution in [3.63, 3.8) is 0 Å². The minimum Gasteiger partial charge on any atom is -0.459 e. The summed E-state index contributed by atoms with van der Waals surface area (Å²) in [6.45, 7) is 4.72. The molecule has 1 saturated heterocycles. The summed E-state index contributed by atoms with van der Waals surface area (Å²) in [7, 11) is 1.52. The maximum absolute atomic E-state index is 12.6. The first-order valence-electron chi connectivity index (χ1n) is 7.63. The molecule has 1 fully saturated rings. The van der Waals surface area contributed by atoms with Crippen LogP contribution in [0.25, 0.3) is 0 Å². The number of hydrogen-bond donors (Lipinski definition) is 1. The Balaban J connectivity index is 2.04. The van der Waals surface area contributed by atoms with Crippen LogP contribution in [0.15, 0.2) is 4.99 Å². The van der Waals surface area contributed by atoms with Crippen LogP contribution >= 0.6 is 23.5 Å². The highest BCUT2D eigenvalue weighted by atomic mass is 32.2. The fraction of sp³-hybridized carbons (Fsp3) is 0.667. The summed E-state index contributed by atoms with van der Waals surface area (Å²) < 4.78 is 5.80. The molecule has 10 heteroatoms. The molecule has 2 aliphatic rings. The van der Waals surface area contributed by atoms with Gasteiger partial charge in [-0.3, -0.25) is 19.2 Å². The van der Waals surface area contributed by atoms with Crippen molar-refractivity contribution >= 4 is 51.5 Å². The number of nitrogens with zero attached hydrogens (tertiary/aromatic N) is 2. The summed E-state index contributed by atoms with van der Waals surface area (Å²) in [5.41, 5.74) is -0.683. The highest BCUT2D eigenvalue weighted by Crippen LogP contribution is 2.38. The van der Waals surface area contributed by atoms with E-state index in [9.17, 15) is 19.2 Å². The van der Waals surface area contributed by atoms with Crippen molar-refractivity contribution in [1.29, 1.82) is 0 Å². The number of esters is 1. The van der Waals surface area contributed by atoms with Gasteiger partial charge < -0.3 is 15.0 Å². The smallest absolute Gasteiger partial charge is 0.325 e. The van der Waals surface area contributed by atoms with Gasteiger partial charge in [-0.15, -0.1) is 11.8 Å². The summed E-state index contributed by atoms with van der Waals surface area (Å²) in [5, 5.41) is 1.73. The number of piperidine rings is 1. The number of rotatable bonds is 3. The SMILES string of the molecule is CSC1=NC2C(S1)C(=O)C(C(=O)NCC(=O)OC(C)(C)C)C(=O)N2C. The maximum Gasteiger partial charge on any atom is 0.325 e. The van der Waals surface area contributed by atoms with E-state index in [1.54, 1.807) is 20.8 Å². The molecule has 2 rings (SSSR count). The Labute approximate surface area is 154 Å². The Morgan fingerprint density at radius 2 is 2.00 bits per heavy atom. The molecule has 2 heterocycles. The first-order chi connectivity index (χ1) is 11.5. The molecule has 138 valence electrons. The van der Waals surface area contributed by atoms with Gasteiger partial charge in [0.15, 0.2) is 11.7 Å². The van der Waals surface area contributed by atoms with Crippen LogP contribution in [-0.4, -0.2) is 69.7 Å². The predicted molar refractivity (Wildman–Crippen MR) is 96.2 cm³/mol. The summed E-state index contributed by atoms with van der Waals surface area (Å²) in [5.74, 6) is -3.97. The van der Waals surface area contributed by atoms with Crippen molar-refractivity contribution in [3.05, 3.63) is 0 Å². The number of carbonyl (C=O) groups is 4. The Bertz CT molecular complexity index is 644. The molecule has 0 radical (unpaired) electrons. The minimum atomic E-state index is -1.46. The lowest BCUT2D eigenvalue weighted by Gasteiger charge is -2.35. The van der Waals surface area contributed by atoms with E-state index in [2.05, 4.69) is 10.3 Å². The average molecular weight is 387 g/mol. The van der Waals surface area contributed by atoms with E-state index in [1.807, 2.05) is 6.26 Å². The number of hydrogen-bond acceptors (Lipinski definition) is 8. The molecule has 0 bridgehead atoms. The second kappa shape index (κ2) is 7.36. The lowest BCUT2D eigenvalue weighted by atomic mass is 9.92. The lowest BCUT2D eigenvalue weighted by Crippen LogP contribution is -2.59. The topological polar surface area (TPSA) is 105 Å². The highest BCUT2D eigenvalue weighted by molar-refractivity contribution is 8.39. The summed E-state index contributed by atoms with van der Waals surface area (Å²) in [6.07, 6.45) is 1.25. The Morgan fingerprint density at radius 1 is 1.36 bits per heavy atom. The van der Waals surface area contributed by atoms with Gasteiger partial charge in [0.25, 0.3) is 0 Å². The maximum atomic E-state index is 12.6. The van der Waals surface area contributed by atoms with Crippen molar-refractivity contribution in [2.75, 3.05) is 19.8 Å². The van der Waals surface area contributed by atoms with Crippen LogP contribution in [0.1, 0.15) is 20.8 Å². The van der Waals surface area contributed by atoms with Crippen LogP contribution in [-0.2, 0) is 23.9 Å². The van der Waals surface area contributed by atoms with Gasteiger partial charge in [-0.25, -0.2) is 4.99 Å². The second-order valence-electron chi connectivity index (χ2n) is 6.64. The Morgan fingerprint density at radius 3 is 2.56 bits per heavy atom. The molecule has 0 aromatic rings. The monoisotopic (exact) mass is 387 g/mol. The molecular weight excluding hydrogens is 366 g/mol. The minimum absolute atomic E-state index is 0.398. The van der Waals surface area contributed by atoms with Crippen LogP contribution < -0.4 is 5.32 Å². The number of ether oxygens (including phenoxy) is 1. The van der Waals surface area contributed by atoms with Crippen molar-refractivity contribution in [1.82, 2.24) is 10.2 Å². The standard InChI is InChI=1S/C15H21N3O5S2/c1-15(2,3)23-7(19)6-16-12(21)8-9(20)10-11(18(4)13(8)22)17-14(24-5)25-10/h8,10-11H,6H2,1-5H3,(H,16,21). The molecule has 0 aromatic heterocycles. The van der Waals surface area contributed by atoms with Crippen LogP contribution in [0, 0.1) is 5.92 Å². The van der Waals surface area contributed by atoms with Crippen LogP contribution in [0.4, 0.5) is 0 Å². The third-order valence-corrected chi connectivity index (χ3v) is 5.84. The average Bonchev–Trinajstić information content (AvgIpc) is 2.94. The first kappa shape index (κ1) is 19.8. The molecule has 0 aromatic carbocycles. The molecular formula is C15H21N3O5S2. The van der Waals surface area contributed by atoms with E-state index in [1.165, 1.54) is 35.5 Å². The predicted octanol–water partition coefficient (Wildman–Crippen LogP) is 0.262. The zero-order chi connectivity index (χ0) is 18.9. The van der Waals surface area contributed by atoms with Crippen molar-refractivity contribution in [3.8, 4) is 0 Å². The number of aliphatic imine (C=N–C) groups is 1. The zero-order valence-corrected chi connectivity index (χ0v) is 16.3. The molecule has 3 unspecified atom stereocenters. The van der Waals surface area contributed by atoms with E-state index in [0.29, 0.717) is 4.38 Å². The number of carbonyl (C=O) groups excluding carboxylic acids is 4. The number of ketones is 1. The first-order valence-corrected chi connectivity index (χ1v) is 9.74. The van der Waals surface area contributed by atoms with Gasteiger partial charge in [0, 0.05) is 7.05 Å². The molecule has 0 saturated carbocycles. The van der Waals surface area contributed by atoms with E-state index in [-0.39, 0.29) is 0 Å². The van der Waals surface area contributed by atoms with Gasteiger partial charge in [0.05, 0.1) is 0 Å². The van der Waals surface area contributed by atoms with Crippen LogP contribution in [0.2, 0.25) is 0 Å². The van der Waals surface area contributed by atoms with E-state index >= 15 is 0 Å². The van der Waals surface area contributed by atoms with Gasteiger partial charge >= 0.3 is 5.97 Å². The van der Waals surface area contributed by atoms with Gasteiger partial charge in [-0.05, 0) is 27.0 Å². The van der Waals surface area contributed by atoms with Gasteiger partial charge in [-0.1, -0.05) is 11.8 Å². The van der Waals surface area contributed by atoms with Crippen LogP contribution in [0.5, 0.6) is 0 Å². The molecule has 2 aliphatic heterocycles. The van der Waals surface area contributed by atoms with Gasteiger partial charge in [0.1, 0.15) is 27.9 Å².